The SMILES string of the molecule is C=C[C@H]1OC(C)(C)O[C@@H]1CCC(=O)O. The van der Waals surface area contributed by atoms with Gasteiger partial charge in [-0.3, -0.25) is 4.79 Å². The first kappa shape index (κ1) is 11.2. The van der Waals surface area contributed by atoms with Crippen LogP contribution in [0, 0.1) is 0 Å². The lowest BCUT2D eigenvalue weighted by molar-refractivity contribution is -0.147. The Kier molecular flexibility index (Phi) is 3.29. The van der Waals surface area contributed by atoms with Crippen molar-refractivity contribution in [2.24, 2.45) is 0 Å². The smallest absolute Gasteiger partial charge is 0.303 e. The van der Waals surface area contributed by atoms with E-state index in [4.69, 9.17) is 14.6 Å². The first-order chi connectivity index (χ1) is 6.44. The number of hydrogen-bond acceptors (Lipinski definition) is 3. The number of carbonyl (C=O) groups is 1. The van der Waals surface area contributed by atoms with Gasteiger partial charge in [-0.2, -0.15) is 0 Å². The standard InChI is InChI=1S/C10H16O4/c1-4-7-8(5-6-9(11)12)14-10(2,3)13-7/h4,7-8H,1,5-6H2,2-3H3,(H,11,12)/t7-,8-/m1/s1. The molecule has 1 fully saturated rings. The summed E-state index contributed by atoms with van der Waals surface area (Å²) in [5, 5.41) is 8.54. The summed E-state index contributed by atoms with van der Waals surface area (Å²) in [5.74, 6) is -1.46. The Hall–Kier alpha value is -0.870. The molecule has 0 aromatic rings. The zero-order chi connectivity index (χ0) is 10.8. The van der Waals surface area contributed by atoms with Gasteiger partial charge in [0.2, 0.25) is 0 Å². The first-order valence-electron chi connectivity index (χ1n) is 4.64. The highest BCUT2D eigenvalue weighted by Crippen LogP contribution is 2.30. The zero-order valence-electron chi connectivity index (χ0n) is 8.53. The molecule has 0 aromatic carbocycles. The number of carboxylic acid groups (broad SMARTS) is 1. The summed E-state index contributed by atoms with van der Waals surface area (Å²) in [6.07, 6.45) is 1.80. The molecule has 4 heteroatoms. The van der Waals surface area contributed by atoms with Crippen LogP contribution in [-0.2, 0) is 14.3 Å². The number of carboxylic acids is 1. The molecule has 1 rings (SSSR count). The van der Waals surface area contributed by atoms with E-state index >= 15 is 0 Å². The van der Waals surface area contributed by atoms with Gasteiger partial charge >= 0.3 is 5.97 Å². The molecule has 1 aliphatic heterocycles. The molecule has 14 heavy (non-hydrogen) atoms. The predicted molar refractivity (Wildman–Crippen MR) is 50.9 cm³/mol. The highest BCUT2D eigenvalue weighted by Gasteiger charge is 2.39. The van der Waals surface area contributed by atoms with E-state index in [0.29, 0.717) is 6.42 Å². The predicted octanol–water partition coefficient (Wildman–Crippen LogP) is 1.56. The van der Waals surface area contributed by atoms with Crippen molar-refractivity contribution >= 4 is 5.97 Å². The molecule has 0 unspecified atom stereocenters. The van der Waals surface area contributed by atoms with Gasteiger partial charge in [0.05, 0.1) is 6.10 Å². The largest absolute Gasteiger partial charge is 0.481 e. The highest BCUT2D eigenvalue weighted by atomic mass is 16.7. The van der Waals surface area contributed by atoms with E-state index in [2.05, 4.69) is 6.58 Å². The van der Waals surface area contributed by atoms with Crippen LogP contribution in [0.15, 0.2) is 12.7 Å². The summed E-state index contributed by atoms with van der Waals surface area (Å²) in [6.45, 7) is 7.25. The monoisotopic (exact) mass is 200 g/mol. The number of rotatable bonds is 4. The molecule has 0 saturated carbocycles. The molecule has 2 atom stereocenters. The Morgan fingerprint density at radius 2 is 2.21 bits per heavy atom. The van der Waals surface area contributed by atoms with Gasteiger partial charge in [0.1, 0.15) is 6.10 Å². The van der Waals surface area contributed by atoms with Gasteiger partial charge in [-0.05, 0) is 20.3 Å². The molecular formula is C10H16O4. The summed E-state index contributed by atoms with van der Waals surface area (Å²) in [4.78, 5) is 10.4. The maximum absolute atomic E-state index is 10.4. The summed E-state index contributed by atoms with van der Waals surface area (Å²) in [7, 11) is 0. The van der Waals surface area contributed by atoms with Gasteiger partial charge in [-0.25, -0.2) is 0 Å². The van der Waals surface area contributed by atoms with Crippen molar-refractivity contribution in [1.82, 2.24) is 0 Å². The van der Waals surface area contributed by atoms with Crippen molar-refractivity contribution in [1.29, 1.82) is 0 Å². The van der Waals surface area contributed by atoms with Crippen LogP contribution in [0.4, 0.5) is 0 Å². The van der Waals surface area contributed by atoms with E-state index < -0.39 is 11.8 Å². The van der Waals surface area contributed by atoms with Crippen LogP contribution in [0.25, 0.3) is 0 Å². The molecule has 1 heterocycles. The molecule has 0 bridgehead atoms. The van der Waals surface area contributed by atoms with Crippen molar-refractivity contribution in [3.05, 3.63) is 12.7 Å². The minimum absolute atomic E-state index is 0.0917. The fraction of sp³-hybridized carbons (Fsp3) is 0.700. The number of aliphatic carboxylic acids is 1. The van der Waals surface area contributed by atoms with E-state index in [1.54, 1.807) is 6.08 Å². The second kappa shape index (κ2) is 4.11. The van der Waals surface area contributed by atoms with E-state index in [0.717, 1.165) is 0 Å². The van der Waals surface area contributed by atoms with E-state index in [9.17, 15) is 4.79 Å². The third-order valence-electron chi connectivity index (χ3n) is 2.10. The number of ether oxygens (including phenoxy) is 2. The van der Waals surface area contributed by atoms with Crippen molar-refractivity contribution in [2.45, 2.75) is 44.7 Å². The fourth-order valence-corrected chi connectivity index (χ4v) is 1.55. The van der Waals surface area contributed by atoms with Crippen molar-refractivity contribution in [3.8, 4) is 0 Å². The summed E-state index contributed by atoms with van der Waals surface area (Å²) < 4.78 is 11.1. The minimum Gasteiger partial charge on any atom is -0.481 e. The van der Waals surface area contributed by atoms with E-state index in [-0.39, 0.29) is 18.6 Å². The maximum Gasteiger partial charge on any atom is 0.303 e. The Balaban J connectivity index is 2.51. The van der Waals surface area contributed by atoms with Crippen LogP contribution in [-0.4, -0.2) is 29.1 Å². The second-order valence-corrected chi connectivity index (χ2v) is 3.81. The lowest BCUT2D eigenvalue weighted by Gasteiger charge is -2.16. The highest BCUT2D eigenvalue weighted by molar-refractivity contribution is 5.66. The topological polar surface area (TPSA) is 55.8 Å². The molecule has 0 aliphatic carbocycles. The summed E-state index contributed by atoms with van der Waals surface area (Å²) in [5.41, 5.74) is 0. The van der Waals surface area contributed by atoms with Gasteiger partial charge in [-0.1, -0.05) is 6.08 Å². The third-order valence-corrected chi connectivity index (χ3v) is 2.10. The Bertz CT molecular complexity index is 234. The van der Waals surface area contributed by atoms with Crippen molar-refractivity contribution < 1.29 is 19.4 Å². The molecule has 0 radical (unpaired) electrons. The summed E-state index contributed by atoms with van der Waals surface area (Å²) >= 11 is 0. The van der Waals surface area contributed by atoms with Gasteiger partial charge in [0.15, 0.2) is 5.79 Å². The molecule has 0 spiro atoms. The molecule has 1 saturated heterocycles. The Morgan fingerprint density at radius 3 is 2.71 bits per heavy atom. The Labute approximate surface area is 83.5 Å². The second-order valence-electron chi connectivity index (χ2n) is 3.81. The van der Waals surface area contributed by atoms with Crippen LogP contribution in [0.1, 0.15) is 26.7 Å². The van der Waals surface area contributed by atoms with Crippen LogP contribution in [0.3, 0.4) is 0 Å². The molecule has 1 aliphatic rings. The van der Waals surface area contributed by atoms with Crippen LogP contribution < -0.4 is 0 Å². The van der Waals surface area contributed by atoms with Gasteiger partial charge in [-0.15, -0.1) is 6.58 Å². The molecule has 4 nitrogen and oxygen atoms in total. The average molecular weight is 200 g/mol. The molecule has 1 N–H and O–H groups in total. The molecule has 80 valence electrons. The molecule has 0 amide bonds. The lowest BCUT2D eigenvalue weighted by atomic mass is 10.1. The van der Waals surface area contributed by atoms with Crippen LogP contribution >= 0.6 is 0 Å². The normalized spacial score (nSPS) is 30.1. The van der Waals surface area contributed by atoms with Gasteiger partial charge in [0, 0.05) is 6.42 Å². The Morgan fingerprint density at radius 1 is 1.57 bits per heavy atom. The average Bonchev–Trinajstić information content (AvgIpc) is 2.37. The lowest BCUT2D eigenvalue weighted by Crippen LogP contribution is -2.22. The van der Waals surface area contributed by atoms with Crippen molar-refractivity contribution in [3.63, 3.8) is 0 Å². The quantitative estimate of drug-likeness (QED) is 0.700. The van der Waals surface area contributed by atoms with Gasteiger partial charge in [0.25, 0.3) is 0 Å². The fourth-order valence-electron chi connectivity index (χ4n) is 1.55. The molecule has 0 aromatic heterocycles. The van der Waals surface area contributed by atoms with Gasteiger partial charge < -0.3 is 14.6 Å². The maximum atomic E-state index is 10.4. The van der Waals surface area contributed by atoms with Crippen molar-refractivity contribution in [2.75, 3.05) is 0 Å². The molecular weight excluding hydrogens is 184 g/mol. The summed E-state index contributed by atoms with van der Waals surface area (Å²) in [6, 6.07) is 0. The van der Waals surface area contributed by atoms with Crippen LogP contribution in [0.2, 0.25) is 0 Å². The first-order valence-corrected chi connectivity index (χ1v) is 4.64. The minimum atomic E-state index is -0.818. The number of hydrogen-bond donors (Lipinski definition) is 1. The van der Waals surface area contributed by atoms with E-state index in [1.165, 1.54) is 0 Å². The zero-order valence-corrected chi connectivity index (χ0v) is 8.53. The van der Waals surface area contributed by atoms with Crippen LogP contribution in [0.5, 0.6) is 0 Å². The van der Waals surface area contributed by atoms with E-state index in [1.807, 2.05) is 13.8 Å². The third kappa shape index (κ3) is 2.82.